The van der Waals surface area contributed by atoms with Crippen molar-refractivity contribution < 1.29 is 29.4 Å². The van der Waals surface area contributed by atoms with E-state index in [0.29, 0.717) is 5.56 Å². The van der Waals surface area contributed by atoms with Gasteiger partial charge in [0.1, 0.15) is 6.04 Å². The molecule has 0 radical (unpaired) electrons. The van der Waals surface area contributed by atoms with Crippen LogP contribution in [-0.2, 0) is 14.4 Å². The summed E-state index contributed by atoms with van der Waals surface area (Å²) in [4.78, 5) is 44.3. The average molecular weight is 314 g/mol. The molecule has 9 heteroatoms. The van der Waals surface area contributed by atoms with Crippen LogP contribution in [0.3, 0.4) is 0 Å². The van der Waals surface area contributed by atoms with E-state index in [1.54, 1.807) is 16.8 Å². The second-order valence-corrected chi connectivity index (χ2v) is 4.85. The minimum absolute atomic E-state index is 0.0277. The van der Waals surface area contributed by atoms with Crippen molar-refractivity contribution in [1.82, 2.24) is 10.6 Å². The van der Waals surface area contributed by atoms with Gasteiger partial charge in [-0.25, -0.2) is 4.79 Å². The van der Waals surface area contributed by atoms with E-state index >= 15 is 0 Å². The van der Waals surface area contributed by atoms with Crippen LogP contribution in [0.25, 0.3) is 0 Å². The van der Waals surface area contributed by atoms with Gasteiger partial charge in [0.05, 0.1) is 6.42 Å². The maximum atomic E-state index is 11.6. The molecule has 8 nitrogen and oxygen atoms in total. The largest absolute Gasteiger partial charge is 0.481 e. The molecule has 1 rings (SSSR count). The van der Waals surface area contributed by atoms with Crippen LogP contribution in [-0.4, -0.2) is 46.6 Å². The summed E-state index contributed by atoms with van der Waals surface area (Å²) in [5, 5.41) is 25.3. The van der Waals surface area contributed by atoms with E-state index in [9.17, 15) is 19.2 Å². The third-order valence-electron chi connectivity index (χ3n) is 2.43. The first-order chi connectivity index (χ1) is 9.90. The fourth-order valence-corrected chi connectivity index (χ4v) is 2.06. The zero-order valence-electron chi connectivity index (χ0n) is 10.9. The topological polar surface area (TPSA) is 133 Å². The monoisotopic (exact) mass is 314 g/mol. The van der Waals surface area contributed by atoms with Crippen molar-refractivity contribution in [2.75, 3.05) is 6.54 Å². The fourth-order valence-electron chi connectivity index (χ4n) is 1.43. The number of rotatable bonds is 8. The third-order valence-corrected chi connectivity index (χ3v) is 3.12. The lowest BCUT2D eigenvalue weighted by molar-refractivity contribution is -0.147. The van der Waals surface area contributed by atoms with Crippen molar-refractivity contribution in [3.63, 3.8) is 0 Å². The number of carbonyl (C=O) groups excluding carboxylic acids is 2. The predicted octanol–water partition coefficient (Wildman–Crippen LogP) is -0.0879. The molecule has 0 saturated heterocycles. The summed E-state index contributed by atoms with van der Waals surface area (Å²) in [5.74, 6) is -3.72. The summed E-state index contributed by atoms with van der Waals surface area (Å²) in [5.41, 5.74) is 0.481. The Morgan fingerprint density at radius 3 is 2.48 bits per heavy atom. The molecule has 0 aromatic carbocycles. The summed E-state index contributed by atoms with van der Waals surface area (Å²) in [7, 11) is 0. The standard InChI is InChI=1S/C12H14N2O6S/c15-9(14-8(12(19)20)5-10(16)17)1-3-13-11(18)7-2-4-21-6-7/h2,4,6,8H,1,3,5H2,(H,13,18)(H,14,15)(H,16,17)(H,19,20)/t8-/m1/s1. The van der Waals surface area contributed by atoms with E-state index < -0.39 is 30.3 Å². The van der Waals surface area contributed by atoms with Gasteiger partial charge in [0.25, 0.3) is 5.91 Å². The number of hydrogen-bond acceptors (Lipinski definition) is 5. The van der Waals surface area contributed by atoms with Crippen LogP contribution in [0.15, 0.2) is 16.8 Å². The highest BCUT2D eigenvalue weighted by molar-refractivity contribution is 7.08. The Bertz CT molecular complexity index is 528. The van der Waals surface area contributed by atoms with Crippen molar-refractivity contribution in [3.05, 3.63) is 22.4 Å². The van der Waals surface area contributed by atoms with Crippen LogP contribution < -0.4 is 10.6 Å². The van der Waals surface area contributed by atoms with Gasteiger partial charge in [0, 0.05) is 23.9 Å². The number of amides is 2. The summed E-state index contributed by atoms with van der Waals surface area (Å²) >= 11 is 1.36. The first-order valence-corrected chi connectivity index (χ1v) is 6.88. The molecule has 114 valence electrons. The summed E-state index contributed by atoms with van der Waals surface area (Å²) < 4.78 is 0. The lowest BCUT2D eigenvalue weighted by Crippen LogP contribution is -2.43. The van der Waals surface area contributed by atoms with Crippen LogP contribution in [0.2, 0.25) is 0 Å². The molecule has 1 atom stereocenters. The molecular weight excluding hydrogens is 300 g/mol. The number of thiophene rings is 1. The molecule has 1 heterocycles. The predicted molar refractivity (Wildman–Crippen MR) is 73.1 cm³/mol. The Balaban J connectivity index is 2.34. The van der Waals surface area contributed by atoms with Gasteiger partial charge in [0.15, 0.2) is 0 Å². The maximum Gasteiger partial charge on any atom is 0.326 e. The summed E-state index contributed by atoms with van der Waals surface area (Å²) in [6, 6.07) is 0.149. The smallest absolute Gasteiger partial charge is 0.326 e. The number of hydrogen-bond donors (Lipinski definition) is 4. The van der Waals surface area contributed by atoms with E-state index in [0.717, 1.165) is 0 Å². The van der Waals surface area contributed by atoms with Crippen molar-refractivity contribution >= 4 is 35.1 Å². The van der Waals surface area contributed by atoms with E-state index in [-0.39, 0.29) is 18.9 Å². The Hall–Kier alpha value is -2.42. The minimum atomic E-state index is -1.48. The molecule has 0 aliphatic heterocycles. The molecule has 0 aliphatic carbocycles. The molecule has 1 aromatic rings. The Labute approximate surface area is 123 Å². The van der Waals surface area contributed by atoms with Crippen LogP contribution in [0.4, 0.5) is 0 Å². The molecule has 0 bridgehead atoms. The lowest BCUT2D eigenvalue weighted by atomic mass is 10.2. The quantitative estimate of drug-likeness (QED) is 0.530. The minimum Gasteiger partial charge on any atom is -0.481 e. The number of nitrogens with one attached hydrogen (secondary N) is 2. The zero-order chi connectivity index (χ0) is 15.8. The first-order valence-electron chi connectivity index (χ1n) is 5.94. The van der Waals surface area contributed by atoms with Gasteiger partial charge in [-0.1, -0.05) is 0 Å². The molecule has 21 heavy (non-hydrogen) atoms. The Kier molecular flexibility index (Phi) is 6.34. The van der Waals surface area contributed by atoms with Gasteiger partial charge in [-0.05, 0) is 11.4 Å². The van der Waals surface area contributed by atoms with Crippen LogP contribution in [0.5, 0.6) is 0 Å². The second kappa shape index (κ2) is 8.00. The van der Waals surface area contributed by atoms with Crippen molar-refractivity contribution in [1.29, 1.82) is 0 Å². The number of carboxylic acid groups (broad SMARTS) is 2. The number of aliphatic carboxylic acids is 2. The Morgan fingerprint density at radius 1 is 1.24 bits per heavy atom. The van der Waals surface area contributed by atoms with E-state index in [4.69, 9.17) is 10.2 Å². The number of carboxylic acids is 2. The average Bonchev–Trinajstić information content (AvgIpc) is 2.91. The van der Waals surface area contributed by atoms with Crippen molar-refractivity contribution in [2.24, 2.45) is 0 Å². The summed E-state index contributed by atoms with van der Waals surface area (Å²) in [6.07, 6.45) is -0.846. The second-order valence-electron chi connectivity index (χ2n) is 4.07. The van der Waals surface area contributed by atoms with E-state index in [2.05, 4.69) is 10.6 Å². The Morgan fingerprint density at radius 2 is 1.95 bits per heavy atom. The molecule has 4 N–H and O–H groups in total. The highest BCUT2D eigenvalue weighted by Gasteiger charge is 2.22. The maximum absolute atomic E-state index is 11.6. The highest BCUT2D eigenvalue weighted by Crippen LogP contribution is 2.05. The first kappa shape index (κ1) is 16.6. The SMILES string of the molecule is O=C(O)C[C@@H](NC(=O)CCNC(=O)c1ccsc1)C(=O)O. The van der Waals surface area contributed by atoms with Gasteiger partial charge in [-0.15, -0.1) is 0 Å². The molecule has 1 aromatic heterocycles. The molecule has 0 spiro atoms. The van der Waals surface area contributed by atoms with Crippen molar-refractivity contribution in [2.45, 2.75) is 18.9 Å². The lowest BCUT2D eigenvalue weighted by Gasteiger charge is -2.12. The zero-order valence-corrected chi connectivity index (χ0v) is 11.7. The fraction of sp³-hybridized carbons (Fsp3) is 0.333. The molecular formula is C12H14N2O6S. The van der Waals surface area contributed by atoms with Gasteiger partial charge >= 0.3 is 11.9 Å². The van der Waals surface area contributed by atoms with Gasteiger partial charge in [-0.3, -0.25) is 14.4 Å². The van der Waals surface area contributed by atoms with Crippen molar-refractivity contribution in [3.8, 4) is 0 Å². The molecule has 0 saturated carbocycles. The van der Waals surface area contributed by atoms with E-state index in [1.165, 1.54) is 11.3 Å². The van der Waals surface area contributed by atoms with E-state index in [1.807, 2.05) is 0 Å². The van der Waals surface area contributed by atoms with Gasteiger partial charge in [-0.2, -0.15) is 11.3 Å². The third kappa shape index (κ3) is 6.04. The molecule has 0 fully saturated rings. The van der Waals surface area contributed by atoms with Crippen LogP contribution in [0, 0.1) is 0 Å². The van der Waals surface area contributed by atoms with Crippen LogP contribution in [0.1, 0.15) is 23.2 Å². The molecule has 0 aliphatic rings. The van der Waals surface area contributed by atoms with Gasteiger partial charge in [0.2, 0.25) is 5.91 Å². The van der Waals surface area contributed by atoms with Crippen LogP contribution >= 0.6 is 11.3 Å². The number of carbonyl (C=O) groups is 4. The molecule has 2 amide bonds. The molecule has 0 unspecified atom stereocenters. The normalized spacial score (nSPS) is 11.4. The van der Waals surface area contributed by atoms with Gasteiger partial charge < -0.3 is 20.8 Å². The highest BCUT2D eigenvalue weighted by atomic mass is 32.1. The summed E-state index contributed by atoms with van der Waals surface area (Å²) in [6.45, 7) is 0.0277.